The molecule has 19 heavy (non-hydrogen) atoms. The summed E-state index contributed by atoms with van der Waals surface area (Å²) in [4.78, 5) is 0.148. The molecule has 2 aromatic rings. The van der Waals surface area contributed by atoms with Gasteiger partial charge in [0.2, 0.25) is 10.0 Å². The zero-order chi connectivity index (χ0) is 13.9. The number of sulfonamides is 1. The molecular formula is C11H16N4O3S. The van der Waals surface area contributed by atoms with Gasteiger partial charge in [-0.25, -0.2) is 8.42 Å². The number of nitrogens with two attached hydrogens (primary N) is 1. The highest BCUT2D eigenvalue weighted by Crippen LogP contribution is 2.16. The minimum atomic E-state index is -3.56. The Kier molecular flexibility index (Phi) is 4.03. The Morgan fingerprint density at radius 3 is 2.95 bits per heavy atom. The summed E-state index contributed by atoms with van der Waals surface area (Å²) < 4.78 is 32.4. The lowest BCUT2D eigenvalue weighted by molar-refractivity contribution is 0.406. The Hall–Kier alpha value is -1.64. The molecule has 0 saturated carbocycles. The summed E-state index contributed by atoms with van der Waals surface area (Å²) in [5.74, 6) is 0.584. The topological polar surface area (TPSA) is 94.4 Å². The maximum absolute atomic E-state index is 12.3. The fraction of sp³-hybridized carbons (Fsp3) is 0.364. The number of aromatic nitrogens is 2. The van der Waals surface area contributed by atoms with Gasteiger partial charge in [-0.3, -0.25) is 4.68 Å². The summed E-state index contributed by atoms with van der Waals surface area (Å²) in [5.41, 5.74) is 5.40. The second-order valence-corrected chi connectivity index (χ2v) is 6.11. The van der Waals surface area contributed by atoms with Crippen LogP contribution in [0.2, 0.25) is 0 Å². The lowest BCUT2D eigenvalue weighted by Gasteiger charge is -2.14. The second-order valence-electron chi connectivity index (χ2n) is 4.07. The lowest BCUT2D eigenvalue weighted by atomic mass is 10.4. The lowest BCUT2D eigenvalue weighted by Crippen LogP contribution is -2.26. The van der Waals surface area contributed by atoms with E-state index in [0.717, 1.165) is 0 Å². The number of hydrogen-bond donors (Lipinski definition) is 1. The standard InChI is InChI=1S/C11H16N4O3S/c1-14(8-10-3-2-6-18-10)19(16,17)11-7-13-15(9-11)5-4-12/h2-3,6-7,9H,4-5,8,12H2,1H3. The van der Waals surface area contributed by atoms with Crippen LogP contribution < -0.4 is 5.73 Å². The highest BCUT2D eigenvalue weighted by atomic mass is 32.2. The Bertz CT molecular complexity index is 618. The third-order valence-corrected chi connectivity index (χ3v) is 4.39. The first-order valence-electron chi connectivity index (χ1n) is 5.75. The van der Waals surface area contributed by atoms with Gasteiger partial charge in [-0.15, -0.1) is 0 Å². The Labute approximate surface area is 111 Å². The van der Waals surface area contributed by atoms with Crippen LogP contribution in [0.3, 0.4) is 0 Å². The zero-order valence-corrected chi connectivity index (χ0v) is 11.4. The molecule has 0 radical (unpaired) electrons. The van der Waals surface area contributed by atoms with Crippen LogP contribution in [0.1, 0.15) is 5.76 Å². The summed E-state index contributed by atoms with van der Waals surface area (Å²) in [7, 11) is -2.07. The molecule has 7 nitrogen and oxygen atoms in total. The van der Waals surface area contributed by atoms with E-state index in [9.17, 15) is 8.42 Å². The average Bonchev–Trinajstić information content (AvgIpc) is 3.00. The summed E-state index contributed by atoms with van der Waals surface area (Å²) in [5, 5.41) is 3.96. The smallest absolute Gasteiger partial charge is 0.246 e. The van der Waals surface area contributed by atoms with E-state index in [0.29, 0.717) is 18.8 Å². The molecule has 0 spiro atoms. The summed E-state index contributed by atoms with van der Waals surface area (Å²) in [6.07, 6.45) is 4.31. The molecule has 0 bridgehead atoms. The van der Waals surface area contributed by atoms with E-state index in [1.807, 2.05) is 0 Å². The first kappa shape index (κ1) is 13.8. The molecule has 0 aliphatic carbocycles. The summed E-state index contributed by atoms with van der Waals surface area (Å²) in [6, 6.07) is 3.44. The van der Waals surface area contributed by atoms with E-state index >= 15 is 0 Å². The molecule has 2 N–H and O–H groups in total. The van der Waals surface area contributed by atoms with E-state index in [1.54, 1.807) is 12.1 Å². The molecule has 0 aliphatic heterocycles. The third-order valence-electron chi connectivity index (χ3n) is 2.63. The molecule has 0 saturated heterocycles. The number of rotatable bonds is 6. The number of hydrogen-bond acceptors (Lipinski definition) is 5. The molecule has 2 heterocycles. The van der Waals surface area contributed by atoms with Crippen LogP contribution >= 0.6 is 0 Å². The van der Waals surface area contributed by atoms with Gasteiger partial charge in [0, 0.05) is 19.8 Å². The molecule has 2 rings (SSSR count). The van der Waals surface area contributed by atoms with Crippen LogP contribution in [0.25, 0.3) is 0 Å². The molecular weight excluding hydrogens is 268 g/mol. The van der Waals surface area contributed by atoms with Crippen LogP contribution in [0.15, 0.2) is 40.1 Å². The summed E-state index contributed by atoms with van der Waals surface area (Å²) >= 11 is 0. The van der Waals surface area contributed by atoms with E-state index in [2.05, 4.69) is 5.10 Å². The maximum Gasteiger partial charge on any atom is 0.246 e. The van der Waals surface area contributed by atoms with Gasteiger partial charge in [-0.1, -0.05) is 0 Å². The van der Waals surface area contributed by atoms with Gasteiger partial charge < -0.3 is 10.2 Å². The number of furan rings is 1. The predicted molar refractivity (Wildman–Crippen MR) is 68.6 cm³/mol. The SMILES string of the molecule is CN(Cc1ccco1)S(=O)(=O)c1cnn(CCN)c1. The average molecular weight is 284 g/mol. The van der Waals surface area contributed by atoms with Crippen molar-refractivity contribution in [3.05, 3.63) is 36.5 Å². The zero-order valence-electron chi connectivity index (χ0n) is 10.6. The van der Waals surface area contributed by atoms with Gasteiger partial charge in [0.05, 0.1) is 25.5 Å². The van der Waals surface area contributed by atoms with Crippen LogP contribution in [0.5, 0.6) is 0 Å². The first-order valence-corrected chi connectivity index (χ1v) is 7.19. The third kappa shape index (κ3) is 3.03. The van der Waals surface area contributed by atoms with E-state index in [1.165, 1.54) is 34.7 Å². The van der Waals surface area contributed by atoms with Gasteiger partial charge >= 0.3 is 0 Å². The predicted octanol–water partition coefficient (Wildman–Crippen LogP) is 0.255. The first-order chi connectivity index (χ1) is 9.04. The van der Waals surface area contributed by atoms with Crippen molar-refractivity contribution in [3.8, 4) is 0 Å². The minimum Gasteiger partial charge on any atom is -0.468 e. The van der Waals surface area contributed by atoms with Crippen molar-refractivity contribution in [3.63, 3.8) is 0 Å². The minimum absolute atomic E-state index is 0.148. The van der Waals surface area contributed by atoms with E-state index < -0.39 is 10.0 Å². The van der Waals surface area contributed by atoms with Crippen LogP contribution in [0.4, 0.5) is 0 Å². The van der Waals surface area contributed by atoms with Gasteiger partial charge in [-0.05, 0) is 12.1 Å². The van der Waals surface area contributed by atoms with E-state index in [4.69, 9.17) is 10.2 Å². The highest BCUT2D eigenvalue weighted by Gasteiger charge is 2.23. The fourth-order valence-electron chi connectivity index (χ4n) is 1.62. The molecule has 104 valence electrons. The Balaban J connectivity index is 2.16. The van der Waals surface area contributed by atoms with E-state index in [-0.39, 0.29) is 11.4 Å². The van der Waals surface area contributed by atoms with Crippen LogP contribution in [-0.2, 0) is 23.1 Å². The van der Waals surface area contributed by atoms with Gasteiger partial charge in [0.1, 0.15) is 10.7 Å². The molecule has 0 aliphatic rings. The molecule has 8 heteroatoms. The van der Waals surface area contributed by atoms with Crippen molar-refractivity contribution in [2.24, 2.45) is 5.73 Å². The molecule has 0 fully saturated rings. The van der Waals surface area contributed by atoms with Crippen LogP contribution in [0, 0.1) is 0 Å². The molecule has 0 atom stereocenters. The van der Waals surface area contributed by atoms with Crippen molar-refractivity contribution >= 4 is 10.0 Å². The normalized spacial score (nSPS) is 12.2. The monoisotopic (exact) mass is 284 g/mol. The van der Waals surface area contributed by atoms with Crippen molar-refractivity contribution in [2.45, 2.75) is 18.0 Å². The second kappa shape index (κ2) is 5.55. The van der Waals surface area contributed by atoms with Gasteiger partial charge in [0.15, 0.2) is 0 Å². The van der Waals surface area contributed by atoms with Gasteiger partial charge in [0.25, 0.3) is 0 Å². The Morgan fingerprint density at radius 2 is 2.32 bits per heavy atom. The highest BCUT2D eigenvalue weighted by molar-refractivity contribution is 7.89. The van der Waals surface area contributed by atoms with Crippen molar-refractivity contribution in [1.29, 1.82) is 0 Å². The molecule has 0 amide bonds. The van der Waals surface area contributed by atoms with Crippen molar-refractivity contribution < 1.29 is 12.8 Å². The Morgan fingerprint density at radius 1 is 1.53 bits per heavy atom. The molecule has 2 aromatic heterocycles. The molecule has 0 aromatic carbocycles. The summed E-state index contributed by atoms with van der Waals surface area (Å²) in [6.45, 7) is 1.07. The van der Waals surface area contributed by atoms with Crippen LogP contribution in [-0.4, -0.2) is 36.1 Å². The maximum atomic E-state index is 12.3. The van der Waals surface area contributed by atoms with Gasteiger partial charge in [-0.2, -0.15) is 9.40 Å². The largest absolute Gasteiger partial charge is 0.468 e. The fourth-order valence-corrected chi connectivity index (χ4v) is 2.71. The molecule has 0 unspecified atom stereocenters. The van der Waals surface area contributed by atoms with Crippen molar-refractivity contribution in [2.75, 3.05) is 13.6 Å². The quantitative estimate of drug-likeness (QED) is 0.821. The number of nitrogens with zero attached hydrogens (tertiary/aromatic N) is 3. The van der Waals surface area contributed by atoms with Crippen molar-refractivity contribution in [1.82, 2.24) is 14.1 Å².